The molecule has 0 aromatic carbocycles. The average Bonchev–Trinajstić information content (AvgIpc) is 3.30. The van der Waals surface area contributed by atoms with Crippen molar-refractivity contribution in [2.75, 3.05) is 39.3 Å². The summed E-state index contributed by atoms with van der Waals surface area (Å²) in [4.78, 5) is 5.15. The standard InChI is InChI=1S/3C5H8FNS2.Bi/c3*6-4-1-2-7(3-4)5(8)9;/h3*4H,1-3H2,(H,8,9);/q;;;+3/p-3/t3*4-;/m000./s1. The second-order valence-electron chi connectivity index (χ2n) is 6.29. The van der Waals surface area contributed by atoms with Gasteiger partial charge in [0, 0.05) is 39.3 Å². The molecule has 158 valence electrons. The Bertz CT molecular complexity index is 462. The van der Waals surface area contributed by atoms with E-state index in [-0.39, 0.29) is 26.2 Å². The van der Waals surface area contributed by atoms with Crippen LogP contribution in [0.15, 0.2) is 0 Å². The second-order valence-corrected chi connectivity index (χ2v) is 9.39. The van der Waals surface area contributed by atoms with Crippen LogP contribution in [0.3, 0.4) is 0 Å². The van der Waals surface area contributed by atoms with Crippen molar-refractivity contribution >= 4 is 114 Å². The summed E-state index contributed by atoms with van der Waals surface area (Å²) in [5.74, 6) is 0. The molecule has 0 N–H and O–H groups in total. The third-order valence-corrected chi connectivity index (χ3v) is 5.72. The summed E-state index contributed by atoms with van der Waals surface area (Å²) in [5, 5.41) is 0. The molecule has 13 heteroatoms. The number of hydrogen-bond acceptors (Lipinski definition) is 6. The minimum absolute atomic E-state index is 0. The van der Waals surface area contributed by atoms with Crippen molar-refractivity contribution in [3.63, 3.8) is 0 Å². The Labute approximate surface area is 216 Å². The van der Waals surface area contributed by atoms with Gasteiger partial charge in [-0.2, -0.15) is 0 Å². The average molecular weight is 702 g/mol. The number of alkyl halides is 3. The number of nitrogens with zero attached hydrogens (tertiary/aromatic N) is 3. The van der Waals surface area contributed by atoms with Gasteiger partial charge in [-0.25, -0.2) is 13.2 Å². The number of halogens is 3. The number of rotatable bonds is 0. The van der Waals surface area contributed by atoms with Crippen molar-refractivity contribution in [3.05, 3.63) is 0 Å². The van der Waals surface area contributed by atoms with Crippen LogP contribution in [0.1, 0.15) is 19.3 Å². The van der Waals surface area contributed by atoms with Gasteiger partial charge in [0.25, 0.3) is 0 Å². The molecule has 28 heavy (non-hydrogen) atoms. The van der Waals surface area contributed by atoms with Crippen molar-refractivity contribution in [1.82, 2.24) is 14.7 Å². The molecule has 3 nitrogen and oxygen atoms in total. The normalized spacial score (nSPS) is 25.8. The molecule has 0 aromatic heterocycles. The second kappa shape index (κ2) is 14.9. The fraction of sp³-hybridized carbons (Fsp3) is 0.800. The fourth-order valence-electron chi connectivity index (χ4n) is 2.65. The van der Waals surface area contributed by atoms with Gasteiger partial charge in [-0.15, -0.1) is 0 Å². The summed E-state index contributed by atoms with van der Waals surface area (Å²) >= 11 is 28.1. The summed E-state index contributed by atoms with van der Waals surface area (Å²) in [5.41, 5.74) is 0. The third-order valence-electron chi connectivity index (χ3n) is 4.17. The molecule has 3 rings (SSSR count). The van der Waals surface area contributed by atoms with Crippen LogP contribution in [0.2, 0.25) is 0 Å². The van der Waals surface area contributed by atoms with Crippen molar-refractivity contribution in [2.45, 2.75) is 37.8 Å². The number of hydrogen-bond donors (Lipinski definition) is 0. The predicted molar refractivity (Wildman–Crippen MR) is 129 cm³/mol. The van der Waals surface area contributed by atoms with Crippen molar-refractivity contribution in [2.24, 2.45) is 0 Å². The van der Waals surface area contributed by atoms with Crippen molar-refractivity contribution < 1.29 is 13.2 Å². The summed E-state index contributed by atoms with van der Waals surface area (Å²) < 4.78 is 38.4. The summed E-state index contributed by atoms with van der Waals surface area (Å²) in [7, 11) is 0. The van der Waals surface area contributed by atoms with E-state index in [2.05, 4.69) is 74.5 Å². The molecule has 3 fully saturated rings. The first kappa shape index (κ1) is 29.0. The molecule has 0 saturated carbocycles. The van der Waals surface area contributed by atoms with Crippen molar-refractivity contribution in [1.29, 1.82) is 0 Å². The molecule has 0 bridgehead atoms. The zero-order valence-corrected chi connectivity index (χ0v) is 23.3. The Kier molecular flexibility index (Phi) is 15.4. The Morgan fingerprint density at radius 3 is 0.893 bits per heavy atom. The van der Waals surface area contributed by atoms with Crippen LogP contribution in [0.25, 0.3) is 0 Å². The van der Waals surface area contributed by atoms with Crippen molar-refractivity contribution in [3.8, 4) is 0 Å². The first-order valence-corrected chi connectivity index (χ1v) is 10.8. The maximum atomic E-state index is 12.4. The number of thiocarbonyl (C=S) groups is 3. The smallest absolute Gasteiger partial charge is 0.411 e. The predicted octanol–water partition coefficient (Wildman–Crippen LogP) is 2.21. The maximum absolute atomic E-state index is 12.4. The van der Waals surface area contributed by atoms with Crippen LogP contribution >= 0.6 is 36.7 Å². The van der Waals surface area contributed by atoms with E-state index in [1.807, 2.05) is 0 Å². The molecule has 3 saturated heterocycles. The molecule has 0 aliphatic carbocycles. The van der Waals surface area contributed by atoms with Gasteiger partial charge in [-0.05, 0) is 19.3 Å². The molecule has 0 aromatic rings. The van der Waals surface area contributed by atoms with Crippen LogP contribution in [0, 0.1) is 0 Å². The van der Waals surface area contributed by atoms with Gasteiger partial charge in [0.1, 0.15) is 18.5 Å². The Morgan fingerprint density at radius 1 is 0.607 bits per heavy atom. The van der Waals surface area contributed by atoms with Gasteiger partial charge >= 0.3 is 26.2 Å². The van der Waals surface area contributed by atoms with Gasteiger partial charge in [0.05, 0.1) is 0 Å². The first-order valence-electron chi connectivity index (χ1n) is 8.40. The zero-order chi connectivity index (χ0) is 20.6. The van der Waals surface area contributed by atoms with Gasteiger partial charge in [-0.1, -0.05) is 13.0 Å². The Hall–Kier alpha value is 1.00. The number of likely N-dealkylation sites (tertiary alicyclic amines) is 3. The van der Waals surface area contributed by atoms with Crippen LogP contribution in [-0.4, -0.2) is 112 Å². The largest absolute Gasteiger partial charge is 3.00 e. The SMILES string of the molecule is F[C@H]1CCN(C(=S)[S-])C1.F[C@H]1CCN(C(=S)[S-])C1.F[C@H]1CCN(C(=S)[S-])C1.[Bi+3]. The van der Waals surface area contributed by atoms with Crippen LogP contribution in [0.4, 0.5) is 13.2 Å². The summed E-state index contributed by atoms with van der Waals surface area (Å²) in [6, 6.07) is 0. The van der Waals surface area contributed by atoms with Crippen LogP contribution < -0.4 is 0 Å². The summed E-state index contributed by atoms with van der Waals surface area (Å²) in [6.07, 6.45) is -0.410. The third kappa shape index (κ3) is 11.4. The first-order chi connectivity index (χ1) is 12.6. The molecule has 3 heterocycles. The summed E-state index contributed by atoms with van der Waals surface area (Å²) in [6.45, 7) is 3.31. The van der Waals surface area contributed by atoms with E-state index in [9.17, 15) is 13.2 Å². The zero-order valence-electron chi connectivity index (χ0n) is 15.0. The molecule has 3 aliphatic rings. The molecular formula is C15H21BiF3N3S6. The van der Waals surface area contributed by atoms with Crippen LogP contribution in [-0.2, 0) is 37.9 Å². The Morgan fingerprint density at radius 2 is 0.821 bits per heavy atom. The topological polar surface area (TPSA) is 9.72 Å². The molecule has 2 radical (unpaired) electrons. The van der Waals surface area contributed by atoms with Gasteiger partial charge in [0.15, 0.2) is 0 Å². The molecular weight excluding hydrogens is 681 g/mol. The maximum Gasteiger partial charge on any atom is 3.00 e. The van der Waals surface area contributed by atoms with E-state index in [1.54, 1.807) is 14.7 Å². The minimum atomic E-state index is -0.717. The Balaban J connectivity index is 0.000000384. The van der Waals surface area contributed by atoms with Gasteiger partial charge in [0.2, 0.25) is 0 Å². The van der Waals surface area contributed by atoms with Crippen LogP contribution in [0.5, 0.6) is 0 Å². The molecule has 0 unspecified atom stereocenters. The van der Waals surface area contributed by atoms with Gasteiger partial charge in [-0.3, -0.25) is 0 Å². The van der Waals surface area contributed by atoms with E-state index in [0.717, 1.165) is 0 Å². The van der Waals surface area contributed by atoms with E-state index in [1.165, 1.54) is 0 Å². The van der Waals surface area contributed by atoms with E-state index in [0.29, 0.717) is 71.5 Å². The van der Waals surface area contributed by atoms with Gasteiger partial charge < -0.3 is 89.2 Å². The van der Waals surface area contributed by atoms with E-state index in [4.69, 9.17) is 0 Å². The monoisotopic (exact) mass is 701 g/mol. The fourth-order valence-corrected chi connectivity index (χ4v) is 3.65. The van der Waals surface area contributed by atoms with E-state index >= 15 is 0 Å². The molecule has 0 spiro atoms. The van der Waals surface area contributed by atoms with E-state index < -0.39 is 18.5 Å². The molecule has 3 aliphatic heterocycles. The molecule has 3 atom stereocenters. The minimum Gasteiger partial charge on any atom is -0.411 e. The quantitative estimate of drug-likeness (QED) is 0.212. The molecule has 0 amide bonds.